The molecular formula is C15H33N3. The molecule has 1 aliphatic rings. The van der Waals surface area contributed by atoms with Crippen molar-refractivity contribution in [3.63, 3.8) is 0 Å². The summed E-state index contributed by atoms with van der Waals surface area (Å²) in [6, 6.07) is 2.08. The van der Waals surface area contributed by atoms with Gasteiger partial charge < -0.3 is 15.1 Å². The van der Waals surface area contributed by atoms with E-state index in [4.69, 9.17) is 0 Å². The summed E-state index contributed by atoms with van der Waals surface area (Å²) in [4.78, 5) is 5.05. The van der Waals surface area contributed by atoms with E-state index in [0.29, 0.717) is 12.1 Å². The van der Waals surface area contributed by atoms with Crippen LogP contribution >= 0.6 is 0 Å². The van der Waals surface area contributed by atoms with Crippen LogP contribution in [0.15, 0.2) is 0 Å². The predicted octanol–water partition coefficient (Wildman–Crippen LogP) is 2.03. The first-order valence-electron chi connectivity index (χ1n) is 7.55. The molecule has 0 aromatic carbocycles. The van der Waals surface area contributed by atoms with E-state index in [1.807, 2.05) is 0 Å². The van der Waals surface area contributed by atoms with Crippen molar-refractivity contribution in [2.45, 2.75) is 58.7 Å². The van der Waals surface area contributed by atoms with Crippen molar-refractivity contribution < 1.29 is 0 Å². The lowest BCUT2D eigenvalue weighted by Crippen LogP contribution is -2.48. The van der Waals surface area contributed by atoms with Gasteiger partial charge in [-0.2, -0.15) is 0 Å². The van der Waals surface area contributed by atoms with Gasteiger partial charge in [0.25, 0.3) is 0 Å². The molecule has 1 saturated heterocycles. The number of likely N-dealkylation sites (tertiary alicyclic amines) is 1. The molecule has 0 amide bonds. The average Bonchev–Trinajstić information content (AvgIpc) is 2.35. The summed E-state index contributed by atoms with van der Waals surface area (Å²) in [7, 11) is 4.41. The molecule has 0 radical (unpaired) electrons. The second kappa shape index (κ2) is 7.46. The van der Waals surface area contributed by atoms with E-state index in [1.165, 1.54) is 25.9 Å². The molecule has 1 heterocycles. The maximum atomic E-state index is 3.56. The molecule has 3 heteroatoms. The van der Waals surface area contributed by atoms with Crippen molar-refractivity contribution in [1.82, 2.24) is 15.1 Å². The minimum Gasteiger partial charge on any atom is -0.314 e. The molecule has 1 rings (SSSR count). The lowest BCUT2D eigenvalue weighted by Gasteiger charge is -2.40. The molecule has 0 saturated carbocycles. The Kier molecular flexibility index (Phi) is 6.61. The second-order valence-corrected chi connectivity index (χ2v) is 6.51. The predicted molar refractivity (Wildman–Crippen MR) is 80.0 cm³/mol. The van der Waals surface area contributed by atoms with Gasteiger partial charge in [0, 0.05) is 18.1 Å². The van der Waals surface area contributed by atoms with Crippen molar-refractivity contribution in [2.24, 2.45) is 5.92 Å². The van der Waals surface area contributed by atoms with Crippen molar-refractivity contribution in [3.05, 3.63) is 0 Å². The van der Waals surface area contributed by atoms with Gasteiger partial charge in [-0.3, -0.25) is 0 Å². The van der Waals surface area contributed by atoms with Crippen molar-refractivity contribution in [2.75, 3.05) is 33.7 Å². The summed E-state index contributed by atoms with van der Waals surface area (Å²) in [6.07, 6.45) is 2.64. The van der Waals surface area contributed by atoms with Gasteiger partial charge in [-0.1, -0.05) is 20.8 Å². The number of nitrogens with zero attached hydrogens (tertiary/aromatic N) is 2. The van der Waals surface area contributed by atoms with Crippen LogP contribution in [0, 0.1) is 5.92 Å². The molecule has 1 N–H and O–H groups in total. The summed E-state index contributed by atoms with van der Waals surface area (Å²) < 4.78 is 0. The monoisotopic (exact) mass is 255 g/mol. The fourth-order valence-corrected chi connectivity index (χ4v) is 2.76. The molecule has 0 aliphatic carbocycles. The van der Waals surface area contributed by atoms with Crippen LogP contribution in [0.4, 0.5) is 0 Å². The topological polar surface area (TPSA) is 18.5 Å². The maximum Gasteiger partial charge on any atom is 0.0113 e. The first kappa shape index (κ1) is 15.9. The van der Waals surface area contributed by atoms with Crippen LogP contribution in [0.5, 0.6) is 0 Å². The highest BCUT2D eigenvalue weighted by molar-refractivity contribution is 4.82. The number of piperidine rings is 1. The Morgan fingerprint density at radius 1 is 1.11 bits per heavy atom. The van der Waals surface area contributed by atoms with E-state index in [9.17, 15) is 0 Å². The standard InChI is InChI=1S/C15H33N3/c1-12(2)16-11-13(3)14(4)18-9-7-15(8-10-18)17(5)6/h12-16H,7-11H2,1-6H3. The van der Waals surface area contributed by atoms with Gasteiger partial charge in [-0.05, 0) is 59.4 Å². The highest BCUT2D eigenvalue weighted by Crippen LogP contribution is 2.19. The Bertz CT molecular complexity index is 220. The normalized spacial score (nSPS) is 22.7. The third kappa shape index (κ3) is 4.87. The van der Waals surface area contributed by atoms with E-state index < -0.39 is 0 Å². The SMILES string of the molecule is CC(C)NCC(C)C(C)N1CCC(N(C)C)CC1. The Labute approximate surface area is 114 Å². The summed E-state index contributed by atoms with van der Waals surface area (Å²) >= 11 is 0. The van der Waals surface area contributed by atoms with Crippen LogP contribution in [0.25, 0.3) is 0 Å². The average molecular weight is 255 g/mol. The molecule has 18 heavy (non-hydrogen) atoms. The Balaban J connectivity index is 2.32. The number of nitrogens with one attached hydrogen (secondary N) is 1. The van der Waals surface area contributed by atoms with Gasteiger partial charge in [-0.25, -0.2) is 0 Å². The lowest BCUT2D eigenvalue weighted by molar-refractivity contribution is 0.0908. The number of hydrogen-bond acceptors (Lipinski definition) is 3. The zero-order valence-corrected chi connectivity index (χ0v) is 13.2. The van der Waals surface area contributed by atoms with Gasteiger partial charge >= 0.3 is 0 Å². The molecular weight excluding hydrogens is 222 g/mol. The summed E-state index contributed by atoms with van der Waals surface area (Å²) in [6.45, 7) is 12.9. The van der Waals surface area contributed by atoms with Gasteiger partial charge in [0.2, 0.25) is 0 Å². The highest BCUT2D eigenvalue weighted by atomic mass is 15.2. The fraction of sp³-hybridized carbons (Fsp3) is 1.00. The minimum atomic E-state index is 0.596. The van der Waals surface area contributed by atoms with Crippen LogP contribution in [0.2, 0.25) is 0 Å². The first-order chi connectivity index (χ1) is 8.41. The molecule has 2 atom stereocenters. The molecule has 0 spiro atoms. The van der Waals surface area contributed by atoms with Gasteiger partial charge in [0.1, 0.15) is 0 Å². The zero-order valence-electron chi connectivity index (χ0n) is 13.2. The fourth-order valence-electron chi connectivity index (χ4n) is 2.76. The minimum absolute atomic E-state index is 0.596. The van der Waals surface area contributed by atoms with Crippen LogP contribution in [-0.2, 0) is 0 Å². The first-order valence-corrected chi connectivity index (χ1v) is 7.55. The molecule has 0 bridgehead atoms. The molecule has 0 aromatic heterocycles. The summed E-state index contributed by atoms with van der Waals surface area (Å²) in [5.74, 6) is 0.725. The molecule has 1 aliphatic heterocycles. The largest absolute Gasteiger partial charge is 0.314 e. The number of hydrogen-bond donors (Lipinski definition) is 1. The van der Waals surface area contributed by atoms with E-state index in [1.54, 1.807) is 0 Å². The third-order valence-corrected chi connectivity index (χ3v) is 4.48. The third-order valence-electron chi connectivity index (χ3n) is 4.48. The molecule has 108 valence electrons. The zero-order chi connectivity index (χ0) is 13.7. The quantitative estimate of drug-likeness (QED) is 0.783. The van der Waals surface area contributed by atoms with Gasteiger partial charge in [0.15, 0.2) is 0 Å². The van der Waals surface area contributed by atoms with E-state index >= 15 is 0 Å². The van der Waals surface area contributed by atoms with Gasteiger partial charge in [0.05, 0.1) is 0 Å². The number of rotatable bonds is 6. The molecule has 2 unspecified atom stereocenters. The Morgan fingerprint density at radius 3 is 2.11 bits per heavy atom. The van der Waals surface area contributed by atoms with E-state index in [2.05, 4.69) is 56.9 Å². The van der Waals surface area contributed by atoms with Crippen LogP contribution in [-0.4, -0.2) is 61.7 Å². The van der Waals surface area contributed by atoms with E-state index in [0.717, 1.165) is 18.5 Å². The Morgan fingerprint density at radius 2 is 1.67 bits per heavy atom. The van der Waals surface area contributed by atoms with Crippen LogP contribution in [0.1, 0.15) is 40.5 Å². The highest BCUT2D eigenvalue weighted by Gasteiger charge is 2.26. The van der Waals surface area contributed by atoms with Crippen LogP contribution in [0.3, 0.4) is 0 Å². The van der Waals surface area contributed by atoms with Gasteiger partial charge in [-0.15, -0.1) is 0 Å². The summed E-state index contributed by atoms with van der Waals surface area (Å²) in [5, 5.41) is 3.56. The molecule has 0 aromatic rings. The molecule has 1 fully saturated rings. The summed E-state index contributed by atoms with van der Waals surface area (Å²) in [5.41, 5.74) is 0. The van der Waals surface area contributed by atoms with Crippen molar-refractivity contribution in [1.29, 1.82) is 0 Å². The molecule has 3 nitrogen and oxygen atoms in total. The lowest BCUT2D eigenvalue weighted by atomic mass is 9.97. The maximum absolute atomic E-state index is 3.56. The smallest absolute Gasteiger partial charge is 0.0113 e. The van der Waals surface area contributed by atoms with E-state index in [-0.39, 0.29) is 0 Å². The van der Waals surface area contributed by atoms with Crippen molar-refractivity contribution in [3.8, 4) is 0 Å². The Hall–Kier alpha value is -0.120. The van der Waals surface area contributed by atoms with Crippen molar-refractivity contribution >= 4 is 0 Å². The second-order valence-electron chi connectivity index (χ2n) is 6.51. The van der Waals surface area contributed by atoms with Crippen LogP contribution < -0.4 is 5.32 Å².